The van der Waals surface area contributed by atoms with Gasteiger partial charge in [-0.15, -0.1) is 11.3 Å². The number of morpholine rings is 1. The lowest BCUT2D eigenvalue weighted by Gasteiger charge is -2.22. The maximum absolute atomic E-state index is 11.8. The van der Waals surface area contributed by atoms with E-state index >= 15 is 0 Å². The van der Waals surface area contributed by atoms with Crippen molar-refractivity contribution in [3.8, 4) is 0 Å². The summed E-state index contributed by atoms with van der Waals surface area (Å²) in [5.41, 5.74) is 0.870. The predicted molar refractivity (Wildman–Crippen MR) is 58.2 cm³/mol. The van der Waals surface area contributed by atoms with E-state index in [2.05, 4.69) is 10.3 Å². The monoisotopic (exact) mass is 226 g/mol. The van der Waals surface area contributed by atoms with Gasteiger partial charge in [-0.05, 0) is 6.92 Å². The third kappa shape index (κ3) is 2.84. The van der Waals surface area contributed by atoms with Gasteiger partial charge in [0.2, 0.25) is 0 Å². The van der Waals surface area contributed by atoms with Crippen molar-refractivity contribution in [3.05, 3.63) is 16.1 Å². The third-order valence-electron chi connectivity index (χ3n) is 2.33. The molecule has 82 valence electrons. The van der Waals surface area contributed by atoms with Gasteiger partial charge < -0.3 is 10.1 Å². The van der Waals surface area contributed by atoms with Crippen molar-refractivity contribution in [2.24, 2.45) is 0 Å². The molecule has 1 aliphatic heterocycles. The number of carbonyl (C=O) groups excluding carboxylic acids is 1. The molecule has 1 atom stereocenters. The fraction of sp³-hybridized carbons (Fsp3) is 0.600. The first-order chi connectivity index (χ1) is 7.25. The number of hydrogen-bond acceptors (Lipinski definition) is 5. The Morgan fingerprint density at radius 2 is 2.67 bits per heavy atom. The van der Waals surface area contributed by atoms with Crippen LogP contribution in [0.25, 0.3) is 0 Å². The standard InChI is InChI=1S/C10H14N2O2S/c1-7-12-8(6-15-7)4-10(13)9-5-14-3-2-11-9/h6,9,11H,2-5H2,1H3. The second-order valence-electron chi connectivity index (χ2n) is 3.58. The average Bonchev–Trinajstić information content (AvgIpc) is 2.65. The molecule has 0 radical (unpaired) electrons. The minimum atomic E-state index is -0.152. The Balaban J connectivity index is 1.91. The van der Waals surface area contributed by atoms with E-state index < -0.39 is 0 Å². The summed E-state index contributed by atoms with van der Waals surface area (Å²) in [5.74, 6) is 0.167. The zero-order valence-corrected chi connectivity index (χ0v) is 9.47. The van der Waals surface area contributed by atoms with Crippen molar-refractivity contribution in [1.29, 1.82) is 0 Å². The second kappa shape index (κ2) is 4.83. The van der Waals surface area contributed by atoms with Crippen LogP contribution in [0.4, 0.5) is 0 Å². The minimum Gasteiger partial charge on any atom is -0.378 e. The highest BCUT2D eigenvalue weighted by molar-refractivity contribution is 7.09. The average molecular weight is 226 g/mol. The molecule has 0 amide bonds. The van der Waals surface area contributed by atoms with Gasteiger partial charge in [0.05, 0.1) is 36.4 Å². The molecule has 1 fully saturated rings. The normalized spacial score (nSPS) is 21.5. The van der Waals surface area contributed by atoms with Crippen LogP contribution in [-0.2, 0) is 16.0 Å². The van der Waals surface area contributed by atoms with Crippen LogP contribution in [-0.4, -0.2) is 36.6 Å². The number of carbonyl (C=O) groups is 1. The van der Waals surface area contributed by atoms with Crippen LogP contribution >= 0.6 is 11.3 Å². The van der Waals surface area contributed by atoms with Crippen molar-refractivity contribution in [1.82, 2.24) is 10.3 Å². The number of aromatic nitrogens is 1. The molecule has 1 aliphatic rings. The van der Waals surface area contributed by atoms with Gasteiger partial charge in [-0.25, -0.2) is 4.98 Å². The van der Waals surface area contributed by atoms with Crippen LogP contribution in [0.15, 0.2) is 5.38 Å². The summed E-state index contributed by atoms with van der Waals surface area (Å²) in [6.45, 7) is 3.88. The molecule has 0 spiro atoms. The predicted octanol–water partition coefficient (Wildman–Crippen LogP) is 0.552. The summed E-state index contributed by atoms with van der Waals surface area (Å²) in [6.07, 6.45) is 0.408. The summed E-state index contributed by atoms with van der Waals surface area (Å²) in [6, 6.07) is -0.152. The third-order valence-corrected chi connectivity index (χ3v) is 3.15. The van der Waals surface area contributed by atoms with Crippen LogP contribution in [0.2, 0.25) is 0 Å². The fourth-order valence-corrected chi connectivity index (χ4v) is 2.18. The highest BCUT2D eigenvalue weighted by Crippen LogP contribution is 2.10. The summed E-state index contributed by atoms with van der Waals surface area (Å²) >= 11 is 1.58. The Hall–Kier alpha value is -0.780. The van der Waals surface area contributed by atoms with Gasteiger partial charge in [-0.1, -0.05) is 0 Å². The number of Topliss-reactive ketones (excluding diaryl/α,β-unsaturated/α-hetero) is 1. The van der Waals surface area contributed by atoms with Gasteiger partial charge in [0, 0.05) is 11.9 Å². The summed E-state index contributed by atoms with van der Waals surface area (Å²) in [5, 5.41) is 6.09. The number of nitrogens with zero attached hydrogens (tertiary/aromatic N) is 1. The Labute approximate surface area is 92.7 Å². The number of nitrogens with one attached hydrogen (secondary N) is 1. The molecule has 2 rings (SSSR count). The van der Waals surface area contributed by atoms with E-state index in [1.807, 2.05) is 12.3 Å². The molecule has 1 unspecified atom stereocenters. The van der Waals surface area contributed by atoms with Crippen LogP contribution in [0, 0.1) is 6.92 Å². The first-order valence-electron chi connectivity index (χ1n) is 5.00. The molecule has 2 heterocycles. The molecule has 4 nitrogen and oxygen atoms in total. The molecule has 1 aromatic rings. The molecule has 1 N–H and O–H groups in total. The smallest absolute Gasteiger partial charge is 0.158 e. The maximum Gasteiger partial charge on any atom is 0.158 e. The number of ketones is 1. The molecule has 0 saturated carbocycles. The molecule has 1 aromatic heterocycles. The van der Waals surface area contributed by atoms with Gasteiger partial charge in [0.1, 0.15) is 0 Å². The highest BCUT2D eigenvalue weighted by Gasteiger charge is 2.21. The zero-order valence-electron chi connectivity index (χ0n) is 8.66. The van der Waals surface area contributed by atoms with E-state index in [1.54, 1.807) is 11.3 Å². The van der Waals surface area contributed by atoms with Crippen molar-refractivity contribution in [2.45, 2.75) is 19.4 Å². The second-order valence-corrected chi connectivity index (χ2v) is 4.64. The maximum atomic E-state index is 11.8. The minimum absolute atomic E-state index is 0.152. The van der Waals surface area contributed by atoms with Crippen molar-refractivity contribution >= 4 is 17.1 Å². The van der Waals surface area contributed by atoms with Gasteiger partial charge in [-0.3, -0.25) is 4.79 Å². The lowest BCUT2D eigenvalue weighted by Crippen LogP contribution is -2.47. The van der Waals surface area contributed by atoms with Gasteiger partial charge in [-0.2, -0.15) is 0 Å². The summed E-state index contributed by atoms with van der Waals surface area (Å²) in [4.78, 5) is 16.1. The number of hydrogen-bond donors (Lipinski definition) is 1. The van der Waals surface area contributed by atoms with E-state index in [-0.39, 0.29) is 11.8 Å². The van der Waals surface area contributed by atoms with E-state index in [4.69, 9.17) is 4.74 Å². The lowest BCUT2D eigenvalue weighted by molar-refractivity contribution is -0.123. The highest BCUT2D eigenvalue weighted by atomic mass is 32.1. The fourth-order valence-electron chi connectivity index (χ4n) is 1.56. The molecule has 0 bridgehead atoms. The van der Waals surface area contributed by atoms with Crippen molar-refractivity contribution in [3.63, 3.8) is 0 Å². The first kappa shape index (κ1) is 10.7. The van der Waals surface area contributed by atoms with Crippen molar-refractivity contribution < 1.29 is 9.53 Å². The number of ether oxygens (including phenoxy) is 1. The topological polar surface area (TPSA) is 51.2 Å². The van der Waals surface area contributed by atoms with Crippen LogP contribution in [0.1, 0.15) is 10.7 Å². The Kier molecular flexibility index (Phi) is 3.45. The van der Waals surface area contributed by atoms with E-state index in [0.717, 1.165) is 17.2 Å². The number of thiazole rings is 1. The first-order valence-corrected chi connectivity index (χ1v) is 5.88. The Morgan fingerprint density at radius 1 is 1.80 bits per heavy atom. The molecule has 0 aromatic carbocycles. The molecular formula is C10H14N2O2S. The Morgan fingerprint density at radius 3 is 3.27 bits per heavy atom. The molecule has 1 saturated heterocycles. The van der Waals surface area contributed by atoms with Crippen molar-refractivity contribution in [2.75, 3.05) is 19.8 Å². The SMILES string of the molecule is Cc1nc(CC(=O)C2COCCN2)cs1. The quantitative estimate of drug-likeness (QED) is 0.818. The van der Waals surface area contributed by atoms with E-state index in [9.17, 15) is 4.79 Å². The largest absolute Gasteiger partial charge is 0.378 e. The van der Waals surface area contributed by atoms with E-state index in [1.165, 1.54) is 0 Å². The van der Waals surface area contributed by atoms with Gasteiger partial charge in [0.15, 0.2) is 5.78 Å². The van der Waals surface area contributed by atoms with E-state index in [0.29, 0.717) is 19.6 Å². The lowest BCUT2D eigenvalue weighted by atomic mass is 10.1. The number of aryl methyl sites for hydroxylation is 1. The van der Waals surface area contributed by atoms with Crippen LogP contribution < -0.4 is 5.32 Å². The zero-order chi connectivity index (χ0) is 10.7. The summed E-state index contributed by atoms with van der Waals surface area (Å²) < 4.78 is 5.24. The van der Waals surface area contributed by atoms with Gasteiger partial charge in [0.25, 0.3) is 0 Å². The molecule has 0 aliphatic carbocycles. The molecule has 5 heteroatoms. The van der Waals surface area contributed by atoms with Gasteiger partial charge >= 0.3 is 0 Å². The Bertz CT molecular complexity index is 345. The van der Waals surface area contributed by atoms with Crippen LogP contribution in [0.5, 0.6) is 0 Å². The van der Waals surface area contributed by atoms with Crippen LogP contribution in [0.3, 0.4) is 0 Å². The summed E-state index contributed by atoms with van der Waals surface area (Å²) in [7, 11) is 0. The molecule has 15 heavy (non-hydrogen) atoms. The number of rotatable bonds is 3. The molecular weight excluding hydrogens is 212 g/mol.